The number of hydrogen-bond donors (Lipinski definition) is 1. The third-order valence-electron chi connectivity index (χ3n) is 6.62. The summed E-state index contributed by atoms with van der Waals surface area (Å²) in [5.41, 5.74) is 1.06. The highest BCUT2D eigenvalue weighted by Gasteiger charge is 2.37. The van der Waals surface area contributed by atoms with E-state index in [-0.39, 0.29) is 23.8 Å². The number of nitrogens with zero attached hydrogens (tertiary/aromatic N) is 2. The van der Waals surface area contributed by atoms with Crippen LogP contribution in [0.3, 0.4) is 0 Å². The summed E-state index contributed by atoms with van der Waals surface area (Å²) in [7, 11) is 0. The molecule has 2 aliphatic rings. The summed E-state index contributed by atoms with van der Waals surface area (Å²) in [6, 6.07) is 2.15. The van der Waals surface area contributed by atoms with Crippen molar-refractivity contribution < 1.29 is 9.53 Å². The van der Waals surface area contributed by atoms with Crippen molar-refractivity contribution in [2.75, 3.05) is 13.2 Å². The first-order chi connectivity index (χ1) is 13.0. The summed E-state index contributed by atoms with van der Waals surface area (Å²) < 4.78 is 6.41. The second-order valence-corrected chi connectivity index (χ2v) is 9.12. The number of nitrogens with one attached hydrogen (secondary N) is 1. The molecular formula is C22H37N3O2. The summed E-state index contributed by atoms with van der Waals surface area (Å²) in [4.78, 5) is 14.9. The van der Waals surface area contributed by atoms with E-state index < -0.39 is 0 Å². The van der Waals surface area contributed by atoms with Gasteiger partial charge in [0.1, 0.15) is 0 Å². The van der Waals surface area contributed by atoms with Crippen molar-refractivity contribution in [1.29, 1.82) is 0 Å². The van der Waals surface area contributed by atoms with Gasteiger partial charge >= 0.3 is 0 Å². The van der Waals surface area contributed by atoms with E-state index in [1.807, 2.05) is 20.0 Å². The number of rotatable bonds is 6. The Bertz CT molecular complexity index is 576. The van der Waals surface area contributed by atoms with Crippen LogP contribution >= 0.6 is 0 Å². The van der Waals surface area contributed by atoms with Crippen LogP contribution in [-0.2, 0) is 9.53 Å². The maximum absolute atomic E-state index is 12.8. The highest BCUT2D eigenvalue weighted by atomic mass is 16.5. The Kier molecular flexibility index (Phi) is 6.96. The third-order valence-corrected chi connectivity index (χ3v) is 6.62. The monoisotopic (exact) mass is 375 g/mol. The topological polar surface area (TPSA) is 58.2 Å². The van der Waals surface area contributed by atoms with Gasteiger partial charge in [0.05, 0.1) is 24.4 Å². The molecule has 5 heteroatoms. The van der Waals surface area contributed by atoms with E-state index in [2.05, 4.69) is 35.0 Å². The number of likely N-dealkylation sites (tertiary alicyclic amines) is 1. The molecule has 1 N–H and O–H groups in total. The second-order valence-electron chi connectivity index (χ2n) is 9.12. The van der Waals surface area contributed by atoms with Gasteiger partial charge in [-0.2, -0.15) is 5.10 Å². The molecule has 1 aliphatic carbocycles. The van der Waals surface area contributed by atoms with E-state index in [1.165, 1.54) is 12.8 Å². The maximum atomic E-state index is 12.8. The minimum absolute atomic E-state index is 0.0203. The molecule has 0 unspecified atom stereocenters. The fraction of sp³-hybridized carbons (Fsp3) is 0.818. The zero-order valence-corrected chi connectivity index (χ0v) is 17.5. The molecule has 1 saturated heterocycles. The van der Waals surface area contributed by atoms with Gasteiger partial charge in [0, 0.05) is 24.6 Å². The van der Waals surface area contributed by atoms with Crippen molar-refractivity contribution in [3.8, 4) is 0 Å². The van der Waals surface area contributed by atoms with Crippen molar-refractivity contribution in [2.24, 2.45) is 17.8 Å². The minimum Gasteiger partial charge on any atom is -0.376 e. The van der Waals surface area contributed by atoms with Crippen molar-refractivity contribution >= 4 is 5.91 Å². The van der Waals surface area contributed by atoms with E-state index in [4.69, 9.17) is 4.74 Å². The second kappa shape index (κ2) is 9.22. The number of aromatic nitrogens is 2. The van der Waals surface area contributed by atoms with Gasteiger partial charge in [0.2, 0.25) is 5.91 Å². The number of H-pyrrole nitrogens is 1. The Labute approximate surface area is 164 Å². The van der Waals surface area contributed by atoms with Gasteiger partial charge in [-0.05, 0) is 56.4 Å². The van der Waals surface area contributed by atoms with Crippen molar-refractivity contribution in [2.45, 2.75) is 84.3 Å². The van der Waals surface area contributed by atoms with E-state index in [9.17, 15) is 4.79 Å². The molecule has 152 valence electrons. The Hall–Kier alpha value is -1.36. The van der Waals surface area contributed by atoms with Crippen LogP contribution in [0, 0.1) is 17.8 Å². The fourth-order valence-electron chi connectivity index (χ4n) is 4.85. The molecule has 1 saturated carbocycles. The zero-order valence-electron chi connectivity index (χ0n) is 17.5. The average Bonchev–Trinajstić information content (AvgIpc) is 3.20. The SMILES string of the molecule is CC(C)C(=O)N1CCC[C@H](c2cc[nH]n2)[C@@H]1CO[C@H]1CC[C@@H](C(C)C)CC1. The summed E-state index contributed by atoms with van der Waals surface area (Å²) >= 11 is 0. The highest BCUT2D eigenvalue weighted by molar-refractivity contribution is 5.78. The number of carbonyl (C=O) groups is 1. The summed E-state index contributed by atoms with van der Waals surface area (Å²) in [5.74, 6) is 2.14. The Morgan fingerprint density at radius 3 is 2.56 bits per heavy atom. The lowest BCUT2D eigenvalue weighted by atomic mass is 9.80. The molecule has 0 spiro atoms. The van der Waals surface area contributed by atoms with Crippen LogP contribution in [0.5, 0.6) is 0 Å². The lowest BCUT2D eigenvalue weighted by Crippen LogP contribution is -2.51. The van der Waals surface area contributed by atoms with Gasteiger partial charge in [-0.1, -0.05) is 27.7 Å². The van der Waals surface area contributed by atoms with Crippen molar-refractivity contribution in [1.82, 2.24) is 15.1 Å². The molecular weight excluding hydrogens is 338 g/mol. The maximum Gasteiger partial charge on any atom is 0.225 e. The molecule has 0 bridgehead atoms. The summed E-state index contributed by atoms with van der Waals surface area (Å²) in [6.45, 7) is 10.1. The van der Waals surface area contributed by atoms with E-state index >= 15 is 0 Å². The molecule has 1 aromatic rings. The normalized spacial score (nSPS) is 29.5. The van der Waals surface area contributed by atoms with E-state index in [1.54, 1.807) is 0 Å². The molecule has 3 rings (SSSR count). The number of piperidine rings is 1. The van der Waals surface area contributed by atoms with Crippen LogP contribution in [0.1, 0.15) is 77.8 Å². The van der Waals surface area contributed by atoms with Gasteiger partial charge in [-0.3, -0.25) is 9.89 Å². The number of amides is 1. The summed E-state index contributed by atoms with van der Waals surface area (Å²) in [5, 5.41) is 7.38. The lowest BCUT2D eigenvalue weighted by molar-refractivity contribution is -0.141. The van der Waals surface area contributed by atoms with Gasteiger partial charge in [0.25, 0.3) is 0 Å². The van der Waals surface area contributed by atoms with Crippen LogP contribution < -0.4 is 0 Å². The molecule has 2 atom stereocenters. The molecule has 0 radical (unpaired) electrons. The number of carbonyl (C=O) groups excluding carboxylic acids is 1. The summed E-state index contributed by atoms with van der Waals surface area (Å²) in [6.07, 6.45) is 9.17. The van der Waals surface area contributed by atoms with Crippen LogP contribution in [0.4, 0.5) is 0 Å². The van der Waals surface area contributed by atoms with Crippen molar-refractivity contribution in [3.63, 3.8) is 0 Å². The highest BCUT2D eigenvalue weighted by Crippen LogP contribution is 2.35. The van der Waals surface area contributed by atoms with Crippen molar-refractivity contribution in [3.05, 3.63) is 18.0 Å². The number of aromatic amines is 1. The largest absolute Gasteiger partial charge is 0.376 e. The van der Waals surface area contributed by atoms with Crippen LogP contribution in [-0.4, -0.2) is 46.3 Å². The first-order valence-electron chi connectivity index (χ1n) is 10.9. The molecule has 5 nitrogen and oxygen atoms in total. The minimum atomic E-state index is 0.0203. The lowest BCUT2D eigenvalue weighted by Gasteiger charge is -2.42. The van der Waals surface area contributed by atoms with Gasteiger partial charge in [-0.15, -0.1) is 0 Å². The van der Waals surface area contributed by atoms with Crippen LogP contribution in [0.25, 0.3) is 0 Å². The van der Waals surface area contributed by atoms with Crippen LogP contribution in [0.2, 0.25) is 0 Å². The smallest absolute Gasteiger partial charge is 0.225 e. The Morgan fingerprint density at radius 1 is 1.22 bits per heavy atom. The fourth-order valence-corrected chi connectivity index (χ4v) is 4.85. The molecule has 1 aromatic heterocycles. The Morgan fingerprint density at radius 2 is 1.96 bits per heavy atom. The molecule has 0 aromatic carbocycles. The Balaban J connectivity index is 1.66. The predicted molar refractivity (Wildman–Crippen MR) is 107 cm³/mol. The zero-order chi connectivity index (χ0) is 19.4. The molecule has 1 aliphatic heterocycles. The average molecular weight is 376 g/mol. The number of hydrogen-bond acceptors (Lipinski definition) is 3. The first kappa shape index (κ1) is 20.4. The molecule has 2 heterocycles. The number of ether oxygens (including phenoxy) is 1. The van der Waals surface area contributed by atoms with Gasteiger partial charge in [-0.25, -0.2) is 0 Å². The third kappa shape index (κ3) is 4.92. The van der Waals surface area contributed by atoms with Gasteiger partial charge < -0.3 is 9.64 Å². The van der Waals surface area contributed by atoms with Gasteiger partial charge in [0.15, 0.2) is 0 Å². The molecule has 2 fully saturated rings. The van der Waals surface area contributed by atoms with E-state index in [0.717, 1.165) is 49.8 Å². The van der Waals surface area contributed by atoms with Crippen LogP contribution in [0.15, 0.2) is 12.3 Å². The van der Waals surface area contributed by atoms with E-state index in [0.29, 0.717) is 12.7 Å². The predicted octanol–water partition coefficient (Wildman–Crippen LogP) is 4.37. The molecule has 1 amide bonds. The first-order valence-corrected chi connectivity index (χ1v) is 10.9. The molecule has 27 heavy (non-hydrogen) atoms. The quantitative estimate of drug-likeness (QED) is 0.803. The standard InChI is InChI=1S/C22H37N3O2/c1-15(2)17-7-9-18(10-8-17)27-14-21-19(20-11-12-23-24-20)6-5-13-25(21)22(26)16(3)4/h11-12,15-19,21H,5-10,13-14H2,1-4H3,(H,23,24)/t17-,18+,19-,21+/m1/s1.